The molecule has 0 aliphatic rings. The molecule has 7 nitrogen and oxygen atoms in total. The van der Waals surface area contributed by atoms with Gasteiger partial charge in [0.05, 0.1) is 6.54 Å². The minimum absolute atomic E-state index is 0.298. The van der Waals surface area contributed by atoms with Gasteiger partial charge in [0.2, 0.25) is 5.91 Å². The van der Waals surface area contributed by atoms with E-state index in [0.717, 1.165) is 4.47 Å². The van der Waals surface area contributed by atoms with Crippen LogP contribution >= 0.6 is 15.9 Å². The highest BCUT2D eigenvalue weighted by atomic mass is 79.9. The Morgan fingerprint density at radius 3 is 2.53 bits per heavy atom. The molecule has 0 aromatic heterocycles. The molecule has 0 aliphatic carbocycles. The molecule has 0 heterocycles. The topological polar surface area (TPSA) is 108 Å². The third kappa shape index (κ3) is 6.41. The van der Waals surface area contributed by atoms with Gasteiger partial charge in [-0.15, -0.1) is 0 Å². The first-order valence-electron chi connectivity index (χ1n) is 5.26. The summed E-state index contributed by atoms with van der Waals surface area (Å²) in [5.74, 6) is -1.72. The van der Waals surface area contributed by atoms with E-state index in [1.807, 2.05) is 6.07 Å². The molecular weight excluding hydrogens is 318 g/mol. The third-order valence-corrected chi connectivity index (χ3v) is 2.42. The summed E-state index contributed by atoms with van der Waals surface area (Å²) in [6.45, 7) is -0.777. The highest BCUT2D eigenvalue weighted by molar-refractivity contribution is 9.10. The van der Waals surface area contributed by atoms with Gasteiger partial charge < -0.3 is 21.1 Å². The molecule has 3 amide bonds. The fourth-order valence-electron chi connectivity index (χ4n) is 1.14. The lowest BCUT2D eigenvalue weighted by molar-refractivity contribution is -0.137. The predicted octanol–water partition coefficient (Wildman–Crippen LogP) is 0.771. The molecule has 102 valence electrons. The van der Waals surface area contributed by atoms with Crippen molar-refractivity contribution in [3.63, 3.8) is 0 Å². The summed E-state index contributed by atoms with van der Waals surface area (Å²) in [5, 5.41) is 15.3. The second kappa shape index (κ2) is 7.37. The number of hydrogen-bond acceptors (Lipinski definition) is 3. The maximum atomic E-state index is 11.4. The first-order chi connectivity index (χ1) is 8.97. The monoisotopic (exact) mass is 329 g/mol. The molecule has 8 heteroatoms. The fourth-order valence-corrected chi connectivity index (χ4v) is 1.54. The van der Waals surface area contributed by atoms with Gasteiger partial charge in [0.15, 0.2) is 0 Å². The molecule has 1 aromatic rings. The molecule has 1 rings (SSSR count). The number of carboxylic acid groups (broad SMARTS) is 1. The van der Waals surface area contributed by atoms with Crippen LogP contribution in [0.5, 0.6) is 0 Å². The third-order valence-electron chi connectivity index (χ3n) is 1.93. The molecule has 1 aromatic carbocycles. The summed E-state index contributed by atoms with van der Waals surface area (Å²) in [7, 11) is 0. The SMILES string of the molecule is O=C(O)CNC(=O)CNC(=O)Nc1cccc(Br)c1. The molecule has 0 atom stereocenters. The largest absolute Gasteiger partial charge is 0.480 e. The van der Waals surface area contributed by atoms with Crippen LogP contribution in [0.25, 0.3) is 0 Å². The van der Waals surface area contributed by atoms with Crippen molar-refractivity contribution in [2.75, 3.05) is 18.4 Å². The lowest BCUT2D eigenvalue weighted by Crippen LogP contribution is -2.40. The van der Waals surface area contributed by atoms with Crippen LogP contribution in [0.15, 0.2) is 28.7 Å². The van der Waals surface area contributed by atoms with Crippen molar-refractivity contribution in [2.24, 2.45) is 0 Å². The Bertz CT molecular complexity index is 493. The van der Waals surface area contributed by atoms with E-state index in [9.17, 15) is 14.4 Å². The van der Waals surface area contributed by atoms with Crippen molar-refractivity contribution in [1.82, 2.24) is 10.6 Å². The normalized spacial score (nSPS) is 9.53. The van der Waals surface area contributed by atoms with E-state index in [2.05, 4.69) is 31.9 Å². The Hall–Kier alpha value is -2.09. The molecule has 0 fully saturated rings. The molecule has 0 saturated heterocycles. The molecule has 0 bridgehead atoms. The van der Waals surface area contributed by atoms with Crippen LogP contribution in [0.1, 0.15) is 0 Å². The van der Waals surface area contributed by atoms with E-state index in [4.69, 9.17) is 5.11 Å². The van der Waals surface area contributed by atoms with E-state index in [-0.39, 0.29) is 6.54 Å². The molecule has 0 saturated carbocycles. The van der Waals surface area contributed by atoms with Gasteiger partial charge in [-0.2, -0.15) is 0 Å². The summed E-state index contributed by atoms with van der Waals surface area (Å²) in [4.78, 5) is 32.8. The van der Waals surface area contributed by atoms with Gasteiger partial charge in [-0.3, -0.25) is 9.59 Å². The van der Waals surface area contributed by atoms with Gasteiger partial charge in [-0.25, -0.2) is 4.79 Å². The second-order valence-electron chi connectivity index (χ2n) is 3.49. The van der Waals surface area contributed by atoms with E-state index in [1.165, 1.54) is 0 Å². The van der Waals surface area contributed by atoms with Gasteiger partial charge >= 0.3 is 12.0 Å². The molecule has 4 N–H and O–H groups in total. The minimum atomic E-state index is -1.15. The average molecular weight is 330 g/mol. The van der Waals surface area contributed by atoms with Crippen LogP contribution in [-0.2, 0) is 9.59 Å². The van der Waals surface area contributed by atoms with Gasteiger partial charge in [0, 0.05) is 10.2 Å². The van der Waals surface area contributed by atoms with Crippen LogP contribution in [0, 0.1) is 0 Å². The van der Waals surface area contributed by atoms with Crippen LogP contribution in [-0.4, -0.2) is 36.1 Å². The van der Waals surface area contributed by atoms with E-state index < -0.39 is 24.5 Å². The summed E-state index contributed by atoms with van der Waals surface area (Å²) in [6, 6.07) is 6.39. The highest BCUT2D eigenvalue weighted by Crippen LogP contribution is 2.15. The first-order valence-corrected chi connectivity index (χ1v) is 6.05. The van der Waals surface area contributed by atoms with Gasteiger partial charge in [0.1, 0.15) is 6.54 Å². The smallest absolute Gasteiger partial charge is 0.322 e. The van der Waals surface area contributed by atoms with Crippen molar-refractivity contribution < 1.29 is 19.5 Å². The number of carbonyl (C=O) groups excluding carboxylic acids is 2. The van der Waals surface area contributed by atoms with Crippen LogP contribution in [0.2, 0.25) is 0 Å². The van der Waals surface area contributed by atoms with Gasteiger partial charge in [-0.05, 0) is 18.2 Å². The van der Waals surface area contributed by atoms with Crippen molar-refractivity contribution >= 4 is 39.5 Å². The number of hydrogen-bond donors (Lipinski definition) is 4. The zero-order chi connectivity index (χ0) is 14.3. The summed E-state index contributed by atoms with van der Waals surface area (Å²) >= 11 is 3.26. The minimum Gasteiger partial charge on any atom is -0.480 e. The van der Waals surface area contributed by atoms with Crippen molar-refractivity contribution in [3.8, 4) is 0 Å². The number of rotatable bonds is 5. The Morgan fingerprint density at radius 2 is 1.89 bits per heavy atom. The zero-order valence-corrected chi connectivity index (χ0v) is 11.4. The number of anilines is 1. The number of carbonyl (C=O) groups is 3. The lowest BCUT2D eigenvalue weighted by Gasteiger charge is -2.07. The number of amides is 3. The maximum Gasteiger partial charge on any atom is 0.322 e. The predicted molar refractivity (Wildman–Crippen MR) is 71.8 cm³/mol. The summed E-state index contributed by atoms with van der Waals surface area (Å²) in [5.41, 5.74) is 0.567. The maximum absolute atomic E-state index is 11.4. The lowest BCUT2D eigenvalue weighted by atomic mass is 10.3. The Labute approximate surface area is 117 Å². The molecule has 0 spiro atoms. The van der Waals surface area contributed by atoms with Crippen LogP contribution in [0.3, 0.4) is 0 Å². The first kappa shape index (κ1) is 15.0. The Balaban J connectivity index is 2.32. The van der Waals surface area contributed by atoms with Crippen molar-refractivity contribution in [1.29, 1.82) is 0 Å². The summed E-state index contributed by atoms with van der Waals surface area (Å²) < 4.78 is 0.810. The van der Waals surface area contributed by atoms with Gasteiger partial charge in [-0.1, -0.05) is 22.0 Å². The molecule has 0 aliphatic heterocycles. The number of halogens is 1. The number of nitrogens with one attached hydrogen (secondary N) is 3. The van der Waals surface area contributed by atoms with E-state index in [1.54, 1.807) is 18.2 Å². The molecule has 0 radical (unpaired) electrons. The number of urea groups is 1. The van der Waals surface area contributed by atoms with Gasteiger partial charge in [0.25, 0.3) is 0 Å². The fraction of sp³-hybridized carbons (Fsp3) is 0.182. The number of benzene rings is 1. The molecule has 0 unspecified atom stereocenters. The van der Waals surface area contributed by atoms with Crippen LogP contribution < -0.4 is 16.0 Å². The standard InChI is InChI=1S/C11H12BrN3O4/c12-7-2-1-3-8(4-7)15-11(19)14-5-9(16)13-6-10(17)18/h1-4H,5-6H2,(H,13,16)(H,17,18)(H2,14,15,19). The number of aliphatic carboxylic acids is 1. The van der Waals surface area contributed by atoms with E-state index >= 15 is 0 Å². The molecular formula is C11H12BrN3O4. The van der Waals surface area contributed by atoms with Crippen molar-refractivity contribution in [2.45, 2.75) is 0 Å². The van der Waals surface area contributed by atoms with Crippen LogP contribution in [0.4, 0.5) is 10.5 Å². The highest BCUT2D eigenvalue weighted by Gasteiger charge is 2.06. The quantitative estimate of drug-likeness (QED) is 0.640. The second-order valence-corrected chi connectivity index (χ2v) is 4.40. The van der Waals surface area contributed by atoms with Crippen molar-refractivity contribution in [3.05, 3.63) is 28.7 Å². The summed E-state index contributed by atoms with van der Waals surface area (Å²) in [6.07, 6.45) is 0. The Kier molecular flexibility index (Phi) is 5.80. The Morgan fingerprint density at radius 1 is 1.16 bits per heavy atom. The zero-order valence-electron chi connectivity index (χ0n) is 9.77. The molecule has 19 heavy (non-hydrogen) atoms. The average Bonchev–Trinajstić information content (AvgIpc) is 2.34. The number of carboxylic acids is 1. The van der Waals surface area contributed by atoms with E-state index in [0.29, 0.717) is 5.69 Å².